The molecule has 1 fully saturated rings. The second kappa shape index (κ2) is 2.66. The Hall–Kier alpha value is -0.700. The van der Waals surface area contributed by atoms with Gasteiger partial charge in [-0.3, -0.25) is 4.90 Å². The molecule has 0 aromatic heterocycles. The van der Waals surface area contributed by atoms with E-state index in [1.807, 2.05) is 0 Å². The van der Waals surface area contributed by atoms with Crippen LogP contribution in [0, 0.1) is 0 Å². The van der Waals surface area contributed by atoms with E-state index >= 15 is 0 Å². The van der Waals surface area contributed by atoms with Crippen molar-refractivity contribution in [3.63, 3.8) is 0 Å². The largest absolute Gasteiger partial charge is 0.369 e. The van der Waals surface area contributed by atoms with Crippen LogP contribution < -0.4 is 0 Å². The van der Waals surface area contributed by atoms with E-state index in [0.29, 0.717) is 6.17 Å². The molecule has 2 bridgehead atoms. The fourth-order valence-electron chi connectivity index (χ4n) is 2.03. The number of hydrogen-bond donors (Lipinski definition) is 0. The van der Waals surface area contributed by atoms with Crippen molar-refractivity contribution < 1.29 is 0 Å². The summed E-state index contributed by atoms with van der Waals surface area (Å²) in [6.45, 7) is 5.74. The van der Waals surface area contributed by atoms with Gasteiger partial charge in [0.2, 0.25) is 0 Å². The lowest BCUT2D eigenvalue weighted by molar-refractivity contribution is 0.0233. The van der Waals surface area contributed by atoms with Crippen LogP contribution in [0.1, 0.15) is 6.92 Å². The maximum absolute atomic E-state index is 2.46. The molecule has 0 amide bonds. The van der Waals surface area contributed by atoms with Gasteiger partial charge in [-0.05, 0) is 21.0 Å². The van der Waals surface area contributed by atoms with Crippen LogP contribution >= 0.6 is 0 Å². The fraction of sp³-hybridized carbons (Fsp3) is 0.778. The molecule has 68 valence electrons. The van der Waals surface area contributed by atoms with E-state index in [9.17, 15) is 0 Å². The van der Waals surface area contributed by atoms with Crippen molar-refractivity contribution >= 4 is 0 Å². The zero-order chi connectivity index (χ0) is 8.72. The normalized spacial score (nSPS) is 28.3. The van der Waals surface area contributed by atoms with Crippen molar-refractivity contribution in [2.75, 3.05) is 33.7 Å². The molecule has 0 saturated carbocycles. The zero-order valence-corrected chi connectivity index (χ0v) is 8.12. The summed E-state index contributed by atoms with van der Waals surface area (Å²) >= 11 is 0. The van der Waals surface area contributed by atoms with Crippen LogP contribution in [0.3, 0.4) is 0 Å². The quantitative estimate of drug-likeness (QED) is 0.558. The molecular weight excluding hydrogens is 150 g/mol. The Balaban J connectivity index is 2.17. The maximum atomic E-state index is 2.46. The number of allylic oxidation sites excluding steroid dienone is 1. The van der Waals surface area contributed by atoms with Gasteiger partial charge >= 0.3 is 0 Å². The number of fused-ring (bicyclic) bond motifs is 2. The molecule has 3 heterocycles. The van der Waals surface area contributed by atoms with Gasteiger partial charge in [-0.1, -0.05) is 0 Å². The molecule has 3 nitrogen and oxygen atoms in total. The zero-order valence-electron chi connectivity index (χ0n) is 8.12. The highest BCUT2D eigenvalue weighted by molar-refractivity contribution is 5.08. The Kier molecular flexibility index (Phi) is 1.76. The van der Waals surface area contributed by atoms with Gasteiger partial charge < -0.3 is 9.80 Å². The summed E-state index contributed by atoms with van der Waals surface area (Å²) in [7, 11) is 4.30. The second-order valence-electron chi connectivity index (χ2n) is 3.90. The SMILES string of the molecule is CC1=CN2CCN1CC2N(C)C. The molecule has 3 aliphatic rings. The lowest BCUT2D eigenvalue weighted by Crippen LogP contribution is -2.59. The van der Waals surface area contributed by atoms with Gasteiger partial charge in [0.05, 0.1) is 12.7 Å². The standard InChI is InChI=1S/C9H17N3/c1-8-6-12-5-4-11(8)7-9(12)10(2)3/h6,9H,4-5,7H2,1-3H3. The molecule has 12 heavy (non-hydrogen) atoms. The van der Waals surface area contributed by atoms with Crippen LogP contribution in [-0.2, 0) is 0 Å². The molecule has 0 aliphatic carbocycles. The van der Waals surface area contributed by atoms with Gasteiger partial charge in [-0.25, -0.2) is 0 Å². The third-order valence-corrected chi connectivity index (χ3v) is 2.84. The van der Waals surface area contributed by atoms with Crippen LogP contribution in [0.4, 0.5) is 0 Å². The molecule has 1 saturated heterocycles. The molecule has 0 aromatic rings. The van der Waals surface area contributed by atoms with Crippen molar-refractivity contribution in [1.82, 2.24) is 14.7 Å². The smallest absolute Gasteiger partial charge is 0.0990 e. The Morgan fingerprint density at radius 2 is 2.17 bits per heavy atom. The van der Waals surface area contributed by atoms with E-state index in [-0.39, 0.29) is 0 Å². The van der Waals surface area contributed by atoms with Crippen molar-refractivity contribution in [3.05, 3.63) is 11.9 Å². The predicted molar refractivity (Wildman–Crippen MR) is 49.5 cm³/mol. The number of hydrogen-bond acceptors (Lipinski definition) is 3. The Morgan fingerprint density at radius 1 is 1.42 bits per heavy atom. The number of rotatable bonds is 1. The van der Waals surface area contributed by atoms with Gasteiger partial charge in [0, 0.05) is 25.0 Å². The molecule has 0 aromatic carbocycles. The minimum Gasteiger partial charge on any atom is -0.369 e. The topological polar surface area (TPSA) is 9.72 Å². The van der Waals surface area contributed by atoms with E-state index < -0.39 is 0 Å². The highest BCUT2D eigenvalue weighted by Gasteiger charge is 2.30. The summed E-state index contributed by atoms with van der Waals surface area (Å²) in [6, 6.07) is 0. The van der Waals surface area contributed by atoms with Gasteiger partial charge in [0.25, 0.3) is 0 Å². The molecule has 3 rings (SSSR count). The van der Waals surface area contributed by atoms with Crippen molar-refractivity contribution in [2.24, 2.45) is 0 Å². The average Bonchev–Trinajstić information content (AvgIpc) is 2.04. The highest BCUT2D eigenvalue weighted by Crippen LogP contribution is 2.22. The van der Waals surface area contributed by atoms with E-state index in [1.54, 1.807) is 0 Å². The van der Waals surface area contributed by atoms with Gasteiger partial charge in [-0.2, -0.15) is 0 Å². The van der Waals surface area contributed by atoms with Crippen LogP contribution in [0.5, 0.6) is 0 Å². The first-order chi connectivity index (χ1) is 5.68. The third kappa shape index (κ3) is 1.08. The summed E-state index contributed by atoms with van der Waals surface area (Å²) in [5.74, 6) is 0. The molecule has 0 radical (unpaired) electrons. The predicted octanol–water partition coefficient (Wildman–Crippen LogP) is 0.367. The Morgan fingerprint density at radius 3 is 2.58 bits per heavy atom. The molecule has 0 N–H and O–H groups in total. The summed E-state index contributed by atoms with van der Waals surface area (Å²) in [5, 5.41) is 0. The first-order valence-corrected chi connectivity index (χ1v) is 4.54. The van der Waals surface area contributed by atoms with Crippen LogP contribution in [0.25, 0.3) is 0 Å². The lowest BCUT2D eigenvalue weighted by Gasteiger charge is -2.49. The van der Waals surface area contributed by atoms with Crippen LogP contribution in [-0.4, -0.2) is 54.6 Å². The number of likely N-dealkylation sites (N-methyl/N-ethyl adjacent to an activating group) is 1. The fourth-order valence-corrected chi connectivity index (χ4v) is 2.03. The average molecular weight is 167 g/mol. The number of piperazine rings is 1. The van der Waals surface area contributed by atoms with Crippen LogP contribution in [0.2, 0.25) is 0 Å². The van der Waals surface area contributed by atoms with E-state index in [2.05, 4.69) is 41.9 Å². The first kappa shape index (κ1) is 7.92. The van der Waals surface area contributed by atoms with Gasteiger partial charge in [-0.15, -0.1) is 0 Å². The lowest BCUT2D eigenvalue weighted by atomic mass is 10.2. The summed E-state index contributed by atoms with van der Waals surface area (Å²) in [4.78, 5) is 7.19. The minimum absolute atomic E-state index is 0.586. The van der Waals surface area contributed by atoms with E-state index in [0.717, 1.165) is 6.54 Å². The summed E-state index contributed by atoms with van der Waals surface area (Å²) in [5.41, 5.74) is 1.42. The molecule has 3 heteroatoms. The maximum Gasteiger partial charge on any atom is 0.0990 e. The van der Waals surface area contributed by atoms with Gasteiger partial charge in [0.15, 0.2) is 0 Å². The van der Waals surface area contributed by atoms with Gasteiger partial charge in [0.1, 0.15) is 0 Å². The van der Waals surface area contributed by atoms with E-state index in [1.165, 1.54) is 18.8 Å². The van der Waals surface area contributed by atoms with Crippen molar-refractivity contribution in [3.8, 4) is 0 Å². The summed E-state index contributed by atoms with van der Waals surface area (Å²) < 4.78 is 0. The van der Waals surface area contributed by atoms with E-state index in [4.69, 9.17) is 0 Å². The number of nitrogens with zero attached hydrogens (tertiary/aromatic N) is 3. The van der Waals surface area contributed by atoms with Crippen molar-refractivity contribution in [2.45, 2.75) is 13.1 Å². The minimum atomic E-state index is 0.586. The Labute approximate surface area is 74.2 Å². The summed E-state index contributed by atoms with van der Waals surface area (Å²) in [6.07, 6.45) is 2.86. The molecule has 1 atom stereocenters. The molecule has 1 unspecified atom stereocenters. The molecular formula is C9H17N3. The van der Waals surface area contributed by atoms with Crippen molar-refractivity contribution in [1.29, 1.82) is 0 Å². The Bertz CT molecular complexity index is 210. The highest BCUT2D eigenvalue weighted by atomic mass is 15.4. The third-order valence-electron chi connectivity index (χ3n) is 2.84. The molecule has 0 spiro atoms. The molecule has 3 aliphatic heterocycles. The monoisotopic (exact) mass is 167 g/mol. The van der Waals surface area contributed by atoms with Crippen LogP contribution in [0.15, 0.2) is 11.9 Å². The second-order valence-corrected chi connectivity index (χ2v) is 3.90. The first-order valence-electron chi connectivity index (χ1n) is 4.54.